The predicted molar refractivity (Wildman–Crippen MR) is 85.5 cm³/mol. The zero-order valence-corrected chi connectivity index (χ0v) is 13.2. The number of phenols is 1. The van der Waals surface area contributed by atoms with Gasteiger partial charge in [-0.05, 0) is 36.8 Å². The third kappa shape index (κ3) is 3.14. The molecule has 1 aliphatic heterocycles. The largest absolute Gasteiger partial charge is 0.504 e. The number of aromatic hydroxyl groups is 1. The van der Waals surface area contributed by atoms with Gasteiger partial charge in [0.1, 0.15) is 5.92 Å². The maximum atomic E-state index is 12.2. The van der Waals surface area contributed by atoms with Crippen LogP contribution in [0.1, 0.15) is 18.5 Å². The van der Waals surface area contributed by atoms with Crippen molar-refractivity contribution in [3.05, 3.63) is 36.0 Å². The molecule has 1 aliphatic rings. The summed E-state index contributed by atoms with van der Waals surface area (Å²) in [6.45, 7) is 5.89. The van der Waals surface area contributed by atoms with E-state index in [1.165, 1.54) is 13.2 Å². The summed E-state index contributed by atoms with van der Waals surface area (Å²) in [5, 5.41) is 16.0. The number of thiocarbonyl (C=S) groups is 1. The van der Waals surface area contributed by atoms with Crippen LogP contribution in [0.25, 0.3) is 0 Å². The van der Waals surface area contributed by atoms with E-state index >= 15 is 0 Å². The molecular formula is C15H18N2O4S. The zero-order chi connectivity index (χ0) is 16.3. The summed E-state index contributed by atoms with van der Waals surface area (Å²) in [5.74, 6) is -0.695. The Morgan fingerprint density at radius 3 is 2.86 bits per heavy atom. The lowest BCUT2D eigenvalue weighted by Crippen LogP contribution is -2.51. The Labute approximate surface area is 134 Å². The highest BCUT2D eigenvalue weighted by atomic mass is 32.1. The first kappa shape index (κ1) is 16.1. The van der Waals surface area contributed by atoms with Crippen LogP contribution in [-0.4, -0.2) is 29.9 Å². The third-order valence-electron chi connectivity index (χ3n) is 3.37. The highest BCUT2D eigenvalue weighted by molar-refractivity contribution is 7.80. The minimum Gasteiger partial charge on any atom is -0.504 e. The molecule has 7 heteroatoms. The van der Waals surface area contributed by atoms with Crippen LogP contribution in [0.3, 0.4) is 0 Å². The topological polar surface area (TPSA) is 79.8 Å². The van der Waals surface area contributed by atoms with Gasteiger partial charge in [0, 0.05) is 5.70 Å². The van der Waals surface area contributed by atoms with Crippen molar-refractivity contribution in [2.24, 2.45) is 5.92 Å². The Hall–Kier alpha value is -2.28. The molecule has 0 spiro atoms. The van der Waals surface area contributed by atoms with Crippen LogP contribution < -0.4 is 15.4 Å². The molecule has 22 heavy (non-hydrogen) atoms. The molecule has 1 saturated heterocycles. The highest BCUT2D eigenvalue weighted by Crippen LogP contribution is 2.35. The summed E-state index contributed by atoms with van der Waals surface area (Å²) in [5.41, 5.74) is 1.21. The van der Waals surface area contributed by atoms with Gasteiger partial charge in [-0.2, -0.15) is 0 Å². The number of ether oxygens (including phenoxy) is 2. The van der Waals surface area contributed by atoms with Crippen molar-refractivity contribution < 1.29 is 19.4 Å². The van der Waals surface area contributed by atoms with Crippen molar-refractivity contribution in [3.8, 4) is 11.5 Å². The van der Waals surface area contributed by atoms with Crippen molar-refractivity contribution in [1.82, 2.24) is 10.6 Å². The van der Waals surface area contributed by atoms with Gasteiger partial charge in [-0.15, -0.1) is 0 Å². The lowest BCUT2D eigenvalue weighted by Gasteiger charge is -2.34. The van der Waals surface area contributed by atoms with Gasteiger partial charge in [0.05, 0.1) is 19.8 Å². The summed E-state index contributed by atoms with van der Waals surface area (Å²) in [6, 6.07) is 4.41. The average molecular weight is 322 g/mol. The van der Waals surface area contributed by atoms with E-state index in [0.717, 1.165) is 5.56 Å². The number of rotatable bonds is 4. The second-order valence-electron chi connectivity index (χ2n) is 4.76. The summed E-state index contributed by atoms with van der Waals surface area (Å²) in [4.78, 5) is 12.2. The molecule has 1 heterocycles. The normalized spacial score (nSPS) is 20.8. The Balaban J connectivity index is 2.40. The molecule has 0 bridgehead atoms. The van der Waals surface area contributed by atoms with Crippen LogP contribution in [-0.2, 0) is 9.53 Å². The summed E-state index contributed by atoms with van der Waals surface area (Å²) < 4.78 is 10.2. The number of benzene rings is 1. The molecule has 1 aromatic carbocycles. The van der Waals surface area contributed by atoms with Crippen LogP contribution in [0.2, 0.25) is 0 Å². The maximum Gasteiger partial charge on any atom is 0.317 e. The molecular weight excluding hydrogens is 304 g/mol. The average Bonchev–Trinajstić information content (AvgIpc) is 2.47. The van der Waals surface area contributed by atoms with E-state index in [4.69, 9.17) is 21.7 Å². The van der Waals surface area contributed by atoms with Crippen molar-refractivity contribution in [2.75, 3.05) is 13.7 Å². The molecule has 2 atom stereocenters. The van der Waals surface area contributed by atoms with E-state index in [9.17, 15) is 9.90 Å². The first-order valence-electron chi connectivity index (χ1n) is 6.77. The number of carbonyl (C=O) groups excluding carboxylic acids is 1. The molecule has 3 N–H and O–H groups in total. The van der Waals surface area contributed by atoms with E-state index < -0.39 is 17.9 Å². The molecule has 118 valence electrons. The summed E-state index contributed by atoms with van der Waals surface area (Å²) in [7, 11) is 1.46. The van der Waals surface area contributed by atoms with Crippen LogP contribution >= 0.6 is 12.2 Å². The molecule has 6 nitrogen and oxygen atoms in total. The maximum absolute atomic E-state index is 12.2. The van der Waals surface area contributed by atoms with E-state index in [-0.39, 0.29) is 12.4 Å². The van der Waals surface area contributed by atoms with Crippen LogP contribution in [0.5, 0.6) is 11.5 Å². The molecule has 0 aliphatic carbocycles. The van der Waals surface area contributed by atoms with Crippen molar-refractivity contribution in [3.63, 3.8) is 0 Å². The van der Waals surface area contributed by atoms with Gasteiger partial charge >= 0.3 is 5.97 Å². The van der Waals surface area contributed by atoms with Gasteiger partial charge in [-0.25, -0.2) is 0 Å². The molecule has 2 rings (SSSR count). The fourth-order valence-electron chi connectivity index (χ4n) is 2.36. The number of carbonyl (C=O) groups is 1. The smallest absolute Gasteiger partial charge is 0.317 e. The van der Waals surface area contributed by atoms with E-state index in [1.807, 2.05) is 0 Å². The zero-order valence-electron chi connectivity index (χ0n) is 12.4. The number of hydrogen-bond donors (Lipinski definition) is 3. The molecule has 0 amide bonds. The molecule has 0 aromatic heterocycles. The lowest BCUT2D eigenvalue weighted by atomic mass is 9.89. The number of phenolic OH excluding ortho intramolecular Hbond substituents is 1. The Morgan fingerprint density at radius 2 is 2.23 bits per heavy atom. The Bertz CT molecular complexity index is 618. The Morgan fingerprint density at radius 1 is 1.50 bits per heavy atom. The first-order chi connectivity index (χ1) is 10.5. The van der Waals surface area contributed by atoms with Crippen molar-refractivity contribution in [1.29, 1.82) is 0 Å². The van der Waals surface area contributed by atoms with Crippen LogP contribution in [0.15, 0.2) is 30.5 Å². The standard InChI is InChI=1S/C15H18N2O4S/c1-4-21-14(19)12-8(2)16-15(22)17-13(12)9-5-6-10(18)11(7-9)20-3/h5-7,12-13,18H,2,4H2,1,3H3,(H2,16,17,22). The second kappa shape index (κ2) is 6.65. The number of methoxy groups -OCH3 is 1. The van der Waals surface area contributed by atoms with Crippen molar-refractivity contribution in [2.45, 2.75) is 13.0 Å². The third-order valence-corrected chi connectivity index (χ3v) is 3.59. The summed E-state index contributed by atoms with van der Waals surface area (Å²) >= 11 is 5.14. The number of esters is 1. The van der Waals surface area contributed by atoms with Gasteiger partial charge < -0.3 is 25.2 Å². The van der Waals surface area contributed by atoms with E-state index in [1.54, 1.807) is 19.1 Å². The number of nitrogens with one attached hydrogen (secondary N) is 2. The molecule has 0 saturated carbocycles. The quantitative estimate of drug-likeness (QED) is 0.574. The minimum absolute atomic E-state index is 0.0225. The number of hydrogen-bond acceptors (Lipinski definition) is 5. The highest BCUT2D eigenvalue weighted by Gasteiger charge is 2.37. The van der Waals surface area contributed by atoms with E-state index in [2.05, 4.69) is 17.2 Å². The van der Waals surface area contributed by atoms with Crippen molar-refractivity contribution >= 4 is 23.3 Å². The van der Waals surface area contributed by atoms with Crippen LogP contribution in [0, 0.1) is 5.92 Å². The van der Waals surface area contributed by atoms with Gasteiger partial charge in [-0.3, -0.25) is 4.79 Å². The monoisotopic (exact) mass is 322 g/mol. The van der Waals surface area contributed by atoms with Crippen LogP contribution in [0.4, 0.5) is 0 Å². The minimum atomic E-state index is -0.638. The SMILES string of the molecule is C=C1NC(=S)NC(c2ccc(O)c(OC)c2)C1C(=O)OCC. The van der Waals surface area contributed by atoms with E-state index in [0.29, 0.717) is 16.6 Å². The molecule has 1 aromatic rings. The predicted octanol–water partition coefficient (Wildman–Crippen LogP) is 1.61. The fraction of sp³-hybridized carbons (Fsp3) is 0.333. The lowest BCUT2D eigenvalue weighted by molar-refractivity contribution is -0.147. The fourth-order valence-corrected chi connectivity index (χ4v) is 2.62. The molecule has 0 radical (unpaired) electrons. The Kier molecular flexibility index (Phi) is 4.87. The second-order valence-corrected chi connectivity index (χ2v) is 5.17. The van der Waals surface area contributed by atoms with Gasteiger partial charge in [0.2, 0.25) is 0 Å². The van der Waals surface area contributed by atoms with Gasteiger partial charge in [0.15, 0.2) is 16.6 Å². The van der Waals surface area contributed by atoms with Gasteiger partial charge in [-0.1, -0.05) is 12.6 Å². The molecule has 1 fully saturated rings. The van der Waals surface area contributed by atoms with Gasteiger partial charge in [0.25, 0.3) is 0 Å². The molecule has 2 unspecified atom stereocenters. The first-order valence-corrected chi connectivity index (χ1v) is 7.18. The summed E-state index contributed by atoms with van der Waals surface area (Å²) in [6.07, 6.45) is 0.